The van der Waals surface area contributed by atoms with Gasteiger partial charge in [0, 0.05) is 13.6 Å². The average molecular weight is 130 g/mol. The van der Waals surface area contributed by atoms with E-state index in [1.165, 1.54) is 11.8 Å². The van der Waals surface area contributed by atoms with E-state index in [0.717, 1.165) is 0 Å². The van der Waals surface area contributed by atoms with Gasteiger partial charge in [-0.1, -0.05) is 0 Å². The van der Waals surface area contributed by atoms with Crippen LogP contribution in [0.4, 0.5) is 0 Å². The highest BCUT2D eigenvalue weighted by Crippen LogP contribution is 1.89. The van der Waals surface area contributed by atoms with Gasteiger partial charge in [0.05, 0.1) is 0 Å². The molecule has 0 heterocycles. The fraction of sp³-hybridized carbons (Fsp3) is 0.833. The van der Waals surface area contributed by atoms with Crippen LogP contribution in [-0.2, 0) is 9.90 Å². The van der Waals surface area contributed by atoms with Crippen molar-refractivity contribution in [3.8, 4) is 0 Å². The molecule has 0 aliphatic carbocycles. The van der Waals surface area contributed by atoms with Crippen molar-refractivity contribution < 1.29 is 9.90 Å². The van der Waals surface area contributed by atoms with Gasteiger partial charge in [-0.05, 0) is 13.8 Å². The third-order valence-corrected chi connectivity index (χ3v) is 1.20. The van der Waals surface area contributed by atoms with Crippen LogP contribution in [0.25, 0.3) is 0 Å². The van der Waals surface area contributed by atoms with E-state index in [0.29, 0.717) is 6.54 Å². The second-order valence-corrected chi connectivity index (χ2v) is 1.99. The van der Waals surface area contributed by atoms with E-state index >= 15 is 0 Å². The second-order valence-electron chi connectivity index (χ2n) is 1.99. The normalized spacial score (nSPS) is 12.9. The van der Waals surface area contributed by atoms with E-state index in [-0.39, 0.29) is 5.91 Å². The summed E-state index contributed by atoms with van der Waals surface area (Å²) in [5.41, 5.74) is 0. The molecule has 1 unspecified atom stereocenters. The lowest BCUT2D eigenvalue weighted by Gasteiger charge is -2.14. The molecule has 0 aliphatic rings. The molecule has 3 nitrogen and oxygen atoms in total. The van der Waals surface area contributed by atoms with Crippen molar-refractivity contribution >= 4 is 5.91 Å². The minimum atomic E-state index is -1.12. The molecule has 0 fully saturated rings. The van der Waals surface area contributed by atoms with Crippen LogP contribution >= 0.6 is 0 Å². The summed E-state index contributed by atoms with van der Waals surface area (Å²) in [4.78, 5) is 12.1. The molecule has 1 amide bonds. The molecule has 0 saturated heterocycles. The van der Waals surface area contributed by atoms with Crippen LogP contribution in [0.1, 0.15) is 13.8 Å². The summed E-state index contributed by atoms with van der Waals surface area (Å²) in [6, 6.07) is 0. The number of amides is 1. The van der Waals surface area contributed by atoms with E-state index in [4.69, 9.17) is 0 Å². The van der Waals surface area contributed by atoms with Crippen LogP contribution in [0.3, 0.4) is 0 Å². The molecule has 0 aliphatic heterocycles. The summed E-state index contributed by atoms with van der Waals surface area (Å²) < 4.78 is 0. The van der Waals surface area contributed by atoms with Crippen molar-refractivity contribution in [2.75, 3.05) is 13.6 Å². The zero-order chi connectivity index (χ0) is 7.44. The van der Waals surface area contributed by atoms with E-state index in [1.54, 1.807) is 7.05 Å². The Kier molecular flexibility index (Phi) is 3.24. The van der Waals surface area contributed by atoms with Crippen LogP contribution in [-0.4, -0.2) is 30.5 Å². The molecule has 53 valence electrons. The van der Waals surface area contributed by atoms with Gasteiger partial charge in [0.2, 0.25) is 0 Å². The predicted octanol–water partition coefficient (Wildman–Crippen LogP) is 0.284. The van der Waals surface area contributed by atoms with Crippen molar-refractivity contribution in [2.24, 2.45) is 0 Å². The van der Waals surface area contributed by atoms with Gasteiger partial charge in [0.1, 0.15) is 0 Å². The summed E-state index contributed by atoms with van der Waals surface area (Å²) in [6.07, 6.45) is -1.12. The fourth-order valence-corrected chi connectivity index (χ4v) is 0.466. The predicted molar refractivity (Wildman–Crippen MR) is 33.5 cm³/mol. The van der Waals surface area contributed by atoms with E-state index in [9.17, 15) is 9.90 Å². The highest BCUT2D eigenvalue weighted by atomic mass is 16.3. The maximum Gasteiger partial charge on any atom is 0.254 e. The Labute approximate surface area is 55.3 Å². The van der Waals surface area contributed by atoms with Crippen molar-refractivity contribution in [3.05, 3.63) is 0 Å². The zero-order valence-corrected chi connectivity index (χ0v) is 6.05. The van der Waals surface area contributed by atoms with Gasteiger partial charge in [-0.2, -0.15) is 0 Å². The molecule has 0 saturated carbocycles. The van der Waals surface area contributed by atoms with Gasteiger partial charge >= 0.3 is 0 Å². The van der Waals surface area contributed by atoms with Gasteiger partial charge in [-0.3, -0.25) is 4.79 Å². The molecule has 0 spiro atoms. The van der Waals surface area contributed by atoms with Crippen LogP contribution in [0.2, 0.25) is 0 Å². The molecule has 0 aromatic carbocycles. The average Bonchev–Trinajstić information content (AvgIpc) is 1.84. The van der Waals surface area contributed by atoms with Crippen molar-refractivity contribution in [1.82, 2.24) is 4.90 Å². The summed E-state index contributed by atoms with van der Waals surface area (Å²) in [5, 5.41) is 10.4. The second kappa shape index (κ2) is 3.45. The molecule has 1 radical (unpaired) electrons. The molecule has 0 aromatic heterocycles. The standard InChI is InChI=1S/C6H12NO2/c1-4-7(3)6(9)5(2)8/h5H,4H2,1-3H3. The fourth-order valence-electron chi connectivity index (χ4n) is 0.466. The Balaban J connectivity index is 3.73. The first-order valence-electron chi connectivity index (χ1n) is 3.00. The maximum atomic E-state index is 10.7. The largest absolute Gasteiger partial charge is 0.344 e. The molecular formula is C6H12NO2. The highest BCUT2D eigenvalue weighted by Gasteiger charge is 2.13. The van der Waals surface area contributed by atoms with Gasteiger partial charge < -0.3 is 4.90 Å². The Morgan fingerprint density at radius 3 is 2.22 bits per heavy atom. The highest BCUT2D eigenvalue weighted by molar-refractivity contribution is 5.79. The maximum absolute atomic E-state index is 10.7. The van der Waals surface area contributed by atoms with Crippen LogP contribution in [0.15, 0.2) is 0 Å². The molecule has 3 heteroatoms. The summed E-state index contributed by atoms with van der Waals surface area (Å²) >= 11 is 0. The minimum Gasteiger partial charge on any atom is -0.344 e. The van der Waals surface area contributed by atoms with Gasteiger partial charge in [-0.15, -0.1) is 0 Å². The molecule has 1 atom stereocenters. The van der Waals surface area contributed by atoms with Crippen molar-refractivity contribution in [2.45, 2.75) is 20.0 Å². The SMILES string of the molecule is CCN(C)C(=O)C(C)[O]. The van der Waals surface area contributed by atoms with Crippen LogP contribution in [0, 0.1) is 0 Å². The number of nitrogens with zero attached hydrogens (tertiary/aromatic N) is 1. The topological polar surface area (TPSA) is 40.2 Å². The number of carbonyl (C=O) groups excluding carboxylic acids is 1. The number of carbonyl (C=O) groups is 1. The number of hydrogen-bond acceptors (Lipinski definition) is 1. The van der Waals surface area contributed by atoms with E-state index < -0.39 is 6.10 Å². The van der Waals surface area contributed by atoms with Crippen LogP contribution < -0.4 is 0 Å². The summed E-state index contributed by atoms with van der Waals surface area (Å²) in [5.74, 6) is -0.336. The monoisotopic (exact) mass is 130 g/mol. The molecular weight excluding hydrogens is 118 g/mol. The number of hydrogen-bond donors (Lipinski definition) is 0. The van der Waals surface area contributed by atoms with Gasteiger partial charge in [0.25, 0.3) is 5.91 Å². The quantitative estimate of drug-likeness (QED) is 0.529. The molecule has 9 heavy (non-hydrogen) atoms. The Bertz CT molecular complexity index is 101. The number of rotatable bonds is 2. The summed E-state index contributed by atoms with van der Waals surface area (Å²) in [7, 11) is 1.62. The lowest BCUT2D eigenvalue weighted by atomic mass is 10.3. The van der Waals surface area contributed by atoms with E-state index in [2.05, 4.69) is 0 Å². The van der Waals surface area contributed by atoms with Crippen molar-refractivity contribution in [1.29, 1.82) is 0 Å². The minimum absolute atomic E-state index is 0.336. The third kappa shape index (κ3) is 2.46. The first-order chi connectivity index (χ1) is 4.09. The lowest BCUT2D eigenvalue weighted by Crippen LogP contribution is -2.33. The molecule has 0 aromatic rings. The lowest BCUT2D eigenvalue weighted by molar-refractivity contribution is -0.140. The molecule has 0 N–H and O–H groups in total. The van der Waals surface area contributed by atoms with Crippen LogP contribution in [0.5, 0.6) is 0 Å². The van der Waals surface area contributed by atoms with E-state index in [1.807, 2.05) is 6.92 Å². The number of likely N-dealkylation sites (N-methyl/N-ethyl adjacent to an activating group) is 1. The smallest absolute Gasteiger partial charge is 0.254 e. The Morgan fingerprint density at radius 1 is 1.67 bits per heavy atom. The Hall–Kier alpha value is -0.570. The molecule has 0 rings (SSSR count). The molecule has 0 bridgehead atoms. The first kappa shape index (κ1) is 8.43. The third-order valence-electron chi connectivity index (χ3n) is 1.20. The summed E-state index contributed by atoms with van der Waals surface area (Å²) in [6.45, 7) is 3.79. The first-order valence-corrected chi connectivity index (χ1v) is 3.00. The van der Waals surface area contributed by atoms with Crippen molar-refractivity contribution in [3.63, 3.8) is 0 Å². The van der Waals surface area contributed by atoms with Gasteiger partial charge in [-0.25, -0.2) is 5.11 Å². The van der Waals surface area contributed by atoms with Gasteiger partial charge in [0.15, 0.2) is 6.10 Å². The Morgan fingerprint density at radius 2 is 2.11 bits per heavy atom. The zero-order valence-electron chi connectivity index (χ0n) is 6.05.